The van der Waals surface area contributed by atoms with Gasteiger partial charge in [-0.1, -0.05) is 37.8 Å². The second-order valence-corrected chi connectivity index (χ2v) is 4.89. The Labute approximate surface area is 118 Å². The Morgan fingerprint density at radius 1 is 1.33 bits per heavy atom. The fourth-order valence-electron chi connectivity index (χ4n) is 1.50. The highest BCUT2D eigenvalue weighted by atomic mass is 35.5. The lowest BCUT2D eigenvalue weighted by Gasteiger charge is -2.10. The molecule has 0 fully saturated rings. The van der Waals surface area contributed by atoms with Gasteiger partial charge in [0.05, 0.1) is 5.02 Å². The van der Waals surface area contributed by atoms with Gasteiger partial charge >= 0.3 is 0 Å². The predicted molar refractivity (Wildman–Crippen MR) is 79.8 cm³/mol. The van der Waals surface area contributed by atoms with E-state index >= 15 is 0 Å². The zero-order valence-corrected chi connectivity index (χ0v) is 12.0. The molecule has 0 saturated carbocycles. The topological polar surface area (TPSA) is 24.1 Å². The van der Waals surface area contributed by atoms with Crippen LogP contribution in [0, 0.1) is 5.82 Å². The summed E-state index contributed by atoms with van der Waals surface area (Å²) in [5.41, 5.74) is 0.687. The van der Waals surface area contributed by atoms with Gasteiger partial charge in [-0.05, 0) is 36.8 Å². The monoisotopic (exact) mass is 288 g/mol. The second kappa shape index (κ2) is 8.27. The molecule has 18 heavy (non-hydrogen) atoms. The summed E-state index contributed by atoms with van der Waals surface area (Å²) < 4.78 is 12.9. The predicted octanol–water partition coefficient (Wildman–Crippen LogP) is 4.35. The van der Waals surface area contributed by atoms with E-state index in [1.165, 1.54) is 31.4 Å². The second-order valence-electron chi connectivity index (χ2n) is 4.07. The number of anilines is 1. The minimum Gasteiger partial charge on any atom is -0.362 e. The van der Waals surface area contributed by atoms with Crippen LogP contribution in [0.25, 0.3) is 0 Å². The number of rotatable bonds is 6. The van der Waals surface area contributed by atoms with E-state index in [1.807, 2.05) is 0 Å². The van der Waals surface area contributed by atoms with E-state index in [1.54, 1.807) is 6.07 Å². The van der Waals surface area contributed by atoms with Gasteiger partial charge in [-0.2, -0.15) is 0 Å². The first-order chi connectivity index (χ1) is 8.63. The minimum atomic E-state index is -0.430. The van der Waals surface area contributed by atoms with Crippen LogP contribution in [0.1, 0.15) is 32.6 Å². The molecule has 0 amide bonds. The molecule has 2 N–H and O–H groups in total. The van der Waals surface area contributed by atoms with Crippen LogP contribution in [0.2, 0.25) is 5.02 Å². The Morgan fingerprint density at radius 3 is 2.78 bits per heavy atom. The molecule has 2 nitrogen and oxygen atoms in total. The maximum Gasteiger partial charge on any atom is 0.170 e. The van der Waals surface area contributed by atoms with Crippen LogP contribution in [0.5, 0.6) is 0 Å². The van der Waals surface area contributed by atoms with Gasteiger partial charge in [-0.15, -0.1) is 0 Å². The minimum absolute atomic E-state index is 0.0887. The molecule has 0 aliphatic rings. The highest BCUT2D eigenvalue weighted by Crippen LogP contribution is 2.19. The number of benzene rings is 1. The van der Waals surface area contributed by atoms with Crippen molar-refractivity contribution >= 4 is 34.6 Å². The van der Waals surface area contributed by atoms with E-state index in [4.69, 9.17) is 23.8 Å². The molecule has 0 radical (unpaired) electrons. The molecular formula is C13H18ClFN2S. The summed E-state index contributed by atoms with van der Waals surface area (Å²) in [5.74, 6) is -0.430. The Morgan fingerprint density at radius 2 is 2.11 bits per heavy atom. The lowest BCUT2D eigenvalue weighted by molar-refractivity contribution is 0.628. The summed E-state index contributed by atoms with van der Waals surface area (Å²) in [6, 6.07) is 4.43. The summed E-state index contributed by atoms with van der Waals surface area (Å²) in [6.45, 7) is 3.03. The highest BCUT2D eigenvalue weighted by molar-refractivity contribution is 7.80. The van der Waals surface area contributed by atoms with E-state index in [-0.39, 0.29) is 5.02 Å². The van der Waals surface area contributed by atoms with Crippen LogP contribution in [0.3, 0.4) is 0 Å². The zero-order chi connectivity index (χ0) is 13.4. The molecule has 0 heterocycles. The van der Waals surface area contributed by atoms with Crippen LogP contribution in [0.15, 0.2) is 18.2 Å². The summed E-state index contributed by atoms with van der Waals surface area (Å²) in [5, 5.41) is 6.70. The van der Waals surface area contributed by atoms with E-state index in [0.717, 1.165) is 13.0 Å². The number of thiocarbonyl (C=S) groups is 1. The summed E-state index contributed by atoms with van der Waals surface area (Å²) >= 11 is 10.8. The quantitative estimate of drug-likeness (QED) is 0.601. The van der Waals surface area contributed by atoms with E-state index in [2.05, 4.69) is 17.6 Å². The third-order valence-electron chi connectivity index (χ3n) is 2.49. The van der Waals surface area contributed by atoms with E-state index < -0.39 is 5.82 Å². The molecule has 0 aliphatic heterocycles. The molecule has 1 rings (SSSR count). The third kappa shape index (κ3) is 5.65. The number of hydrogen-bond acceptors (Lipinski definition) is 1. The fourth-order valence-corrected chi connectivity index (χ4v) is 1.90. The maximum atomic E-state index is 12.9. The van der Waals surface area contributed by atoms with Crippen molar-refractivity contribution in [3.63, 3.8) is 0 Å². The third-order valence-corrected chi connectivity index (χ3v) is 3.03. The van der Waals surface area contributed by atoms with Gasteiger partial charge in [0, 0.05) is 12.2 Å². The van der Waals surface area contributed by atoms with Gasteiger partial charge in [0.25, 0.3) is 0 Å². The van der Waals surface area contributed by atoms with Crippen molar-refractivity contribution in [1.29, 1.82) is 0 Å². The summed E-state index contributed by atoms with van der Waals surface area (Å²) in [4.78, 5) is 0. The van der Waals surface area contributed by atoms with Crippen LogP contribution >= 0.6 is 23.8 Å². The van der Waals surface area contributed by atoms with Gasteiger partial charge in [0.15, 0.2) is 5.11 Å². The van der Waals surface area contributed by atoms with Crippen molar-refractivity contribution in [1.82, 2.24) is 5.32 Å². The van der Waals surface area contributed by atoms with Gasteiger partial charge < -0.3 is 10.6 Å². The Kier molecular flexibility index (Phi) is 6.98. The first-order valence-electron chi connectivity index (χ1n) is 6.13. The van der Waals surface area contributed by atoms with Crippen LogP contribution in [0.4, 0.5) is 10.1 Å². The van der Waals surface area contributed by atoms with Crippen LogP contribution < -0.4 is 10.6 Å². The molecule has 1 aromatic rings. The first kappa shape index (κ1) is 15.2. The summed E-state index contributed by atoms with van der Waals surface area (Å²) in [6.07, 6.45) is 4.76. The van der Waals surface area contributed by atoms with E-state index in [9.17, 15) is 4.39 Å². The smallest absolute Gasteiger partial charge is 0.170 e. The molecule has 0 aliphatic carbocycles. The molecule has 5 heteroatoms. The van der Waals surface area contributed by atoms with Crippen LogP contribution in [-0.4, -0.2) is 11.7 Å². The maximum absolute atomic E-state index is 12.9. The molecule has 0 aromatic heterocycles. The number of unbranched alkanes of at least 4 members (excludes halogenated alkanes) is 3. The average Bonchev–Trinajstić information content (AvgIpc) is 2.34. The normalized spacial score (nSPS) is 10.2. The molecule has 1 aromatic carbocycles. The van der Waals surface area contributed by atoms with Gasteiger partial charge in [0.1, 0.15) is 5.82 Å². The summed E-state index contributed by atoms with van der Waals surface area (Å²) in [7, 11) is 0. The lowest BCUT2D eigenvalue weighted by atomic mass is 10.2. The molecule has 100 valence electrons. The van der Waals surface area contributed by atoms with Crippen molar-refractivity contribution in [3.05, 3.63) is 29.0 Å². The van der Waals surface area contributed by atoms with Gasteiger partial charge in [0.2, 0.25) is 0 Å². The van der Waals surface area contributed by atoms with Crippen molar-refractivity contribution in [2.75, 3.05) is 11.9 Å². The van der Waals surface area contributed by atoms with Gasteiger partial charge in [-0.25, -0.2) is 4.39 Å². The number of halogens is 2. The van der Waals surface area contributed by atoms with Gasteiger partial charge in [-0.3, -0.25) is 0 Å². The molecule has 0 spiro atoms. The largest absolute Gasteiger partial charge is 0.362 e. The standard InChI is InChI=1S/C13H18ClFN2S/c1-2-3-4-5-8-16-13(18)17-10-6-7-12(15)11(14)9-10/h6-7,9H,2-5,8H2,1H3,(H2,16,17,18). The number of hydrogen-bond donors (Lipinski definition) is 2. The highest BCUT2D eigenvalue weighted by Gasteiger charge is 2.02. The molecule has 0 unspecified atom stereocenters. The number of nitrogens with one attached hydrogen (secondary N) is 2. The molecule has 0 atom stereocenters. The van der Waals surface area contributed by atoms with Crippen molar-refractivity contribution in [3.8, 4) is 0 Å². The molecule has 0 saturated heterocycles. The SMILES string of the molecule is CCCCCCNC(=S)Nc1ccc(F)c(Cl)c1. The zero-order valence-electron chi connectivity index (χ0n) is 10.4. The average molecular weight is 289 g/mol. The van der Waals surface area contributed by atoms with E-state index in [0.29, 0.717) is 10.8 Å². The lowest BCUT2D eigenvalue weighted by Crippen LogP contribution is -2.29. The Bertz CT molecular complexity index is 399. The molecular weight excluding hydrogens is 271 g/mol. The Hall–Kier alpha value is -0.870. The first-order valence-corrected chi connectivity index (χ1v) is 6.92. The van der Waals surface area contributed by atoms with Crippen LogP contribution in [-0.2, 0) is 0 Å². The molecule has 0 bridgehead atoms. The van der Waals surface area contributed by atoms with Crippen molar-refractivity contribution < 1.29 is 4.39 Å². The van der Waals surface area contributed by atoms with Crippen molar-refractivity contribution in [2.24, 2.45) is 0 Å². The Balaban J connectivity index is 2.29. The van der Waals surface area contributed by atoms with Crippen molar-refractivity contribution in [2.45, 2.75) is 32.6 Å². The fraction of sp³-hybridized carbons (Fsp3) is 0.462.